The monoisotopic (exact) mass is 501 g/mol. The number of ether oxygens (including phenoxy) is 1. The Morgan fingerprint density at radius 3 is 2.67 bits per heavy atom. The Hall–Kier alpha value is -4.27. The molecule has 0 radical (unpaired) electrons. The van der Waals surface area contributed by atoms with Gasteiger partial charge in [0.25, 0.3) is 5.91 Å². The summed E-state index contributed by atoms with van der Waals surface area (Å²) in [5.74, 6) is -3.32. The molecule has 3 heterocycles. The zero-order valence-electron chi connectivity index (χ0n) is 19.1. The molecule has 0 spiro atoms. The maximum atomic E-state index is 14.9. The van der Waals surface area contributed by atoms with E-state index in [1.807, 2.05) is 6.07 Å². The van der Waals surface area contributed by atoms with Crippen LogP contribution in [0.15, 0.2) is 30.6 Å². The Kier molecular flexibility index (Phi) is 6.74. The molecule has 3 aromatic rings. The molecule has 1 aliphatic rings. The van der Waals surface area contributed by atoms with Gasteiger partial charge in [-0.05, 0) is 42.7 Å². The number of nitriles is 1. The zero-order chi connectivity index (χ0) is 26.1. The Morgan fingerprint density at radius 2 is 2.03 bits per heavy atom. The van der Waals surface area contributed by atoms with Crippen molar-refractivity contribution >= 4 is 11.9 Å². The predicted octanol–water partition coefficient (Wildman–Crippen LogP) is 3.58. The van der Waals surface area contributed by atoms with Crippen molar-refractivity contribution in [3.63, 3.8) is 0 Å². The largest absolute Gasteiger partial charge is 0.467 e. The van der Waals surface area contributed by atoms with Gasteiger partial charge in [-0.2, -0.15) is 19.1 Å². The van der Waals surface area contributed by atoms with Crippen molar-refractivity contribution in [3.8, 4) is 17.3 Å². The lowest BCUT2D eigenvalue weighted by molar-refractivity contribution is -0.146. The van der Waals surface area contributed by atoms with E-state index >= 15 is 0 Å². The van der Waals surface area contributed by atoms with E-state index in [4.69, 9.17) is 10.00 Å². The first-order chi connectivity index (χ1) is 17.2. The zero-order valence-corrected chi connectivity index (χ0v) is 19.1. The van der Waals surface area contributed by atoms with Gasteiger partial charge in [0.15, 0.2) is 5.82 Å². The molecule has 1 atom stereocenters. The quantitative estimate of drug-likeness (QED) is 0.378. The highest BCUT2D eigenvalue weighted by atomic mass is 19.3. The lowest BCUT2D eigenvalue weighted by atomic mass is 9.90. The minimum atomic E-state index is -2.88. The number of aromatic nitrogens is 3. The molecule has 0 saturated carbocycles. The lowest BCUT2D eigenvalue weighted by Crippen LogP contribution is -2.50. The number of hydrogen-bond donors (Lipinski definition) is 0. The topological polar surface area (TPSA) is 101 Å². The Morgan fingerprint density at radius 1 is 1.28 bits per heavy atom. The summed E-state index contributed by atoms with van der Waals surface area (Å²) in [6.45, 7) is -1.41. The van der Waals surface area contributed by atoms with E-state index in [1.165, 1.54) is 13.0 Å². The van der Waals surface area contributed by atoms with Crippen LogP contribution < -0.4 is 0 Å². The SMILES string of the molecule is COC(=O)C(Cc1cnn(C(F)F)c1)N1CCc2c(-c3nc(C)c(C#N)cc3F)ccc(F)c2C1=O. The number of aryl methyl sites for hydroxylation is 1. The summed E-state index contributed by atoms with van der Waals surface area (Å²) in [4.78, 5) is 31.2. The fraction of sp³-hybridized carbons (Fsp3) is 0.292. The van der Waals surface area contributed by atoms with Crippen LogP contribution in [-0.4, -0.2) is 51.2 Å². The van der Waals surface area contributed by atoms with E-state index < -0.39 is 36.1 Å². The van der Waals surface area contributed by atoms with Gasteiger partial charge in [0.05, 0.1) is 30.1 Å². The summed E-state index contributed by atoms with van der Waals surface area (Å²) in [5, 5.41) is 12.6. The van der Waals surface area contributed by atoms with Crippen LogP contribution >= 0.6 is 0 Å². The van der Waals surface area contributed by atoms with E-state index in [1.54, 1.807) is 0 Å². The number of alkyl halides is 2. The molecule has 0 aliphatic carbocycles. The average molecular weight is 501 g/mol. The van der Waals surface area contributed by atoms with Crippen molar-refractivity contribution in [2.45, 2.75) is 32.4 Å². The molecule has 1 unspecified atom stereocenters. The first kappa shape index (κ1) is 24.8. The summed E-state index contributed by atoms with van der Waals surface area (Å²) in [5.41, 5.74) is 0.486. The molecule has 1 amide bonds. The van der Waals surface area contributed by atoms with Crippen LogP contribution in [0.25, 0.3) is 11.3 Å². The fourth-order valence-electron chi connectivity index (χ4n) is 4.26. The van der Waals surface area contributed by atoms with Crippen LogP contribution in [0, 0.1) is 29.9 Å². The molecule has 1 aromatic carbocycles. The highest BCUT2D eigenvalue weighted by molar-refractivity contribution is 6.01. The molecule has 8 nitrogen and oxygen atoms in total. The normalized spacial score (nSPS) is 13.9. The first-order valence-electron chi connectivity index (χ1n) is 10.7. The van der Waals surface area contributed by atoms with Crippen LogP contribution in [0.5, 0.6) is 0 Å². The van der Waals surface area contributed by atoms with Gasteiger partial charge in [0.1, 0.15) is 23.6 Å². The maximum Gasteiger partial charge on any atom is 0.333 e. The number of nitrogens with zero attached hydrogens (tertiary/aromatic N) is 5. The standard InChI is InChI=1S/C24H19F4N5O3/c1-12-14(9-29)8-18(26)21(31-12)16-3-4-17(25)20-15(16)5-6-32(22(20)34)19(23(35)36-2)7-13-10-30-33(11-13)24(27)28/h3-4,8,10-11,19,24H,5-7H2,1-2H3. The van der Waals surface area contributed by atoms with Crippen LogP contribution in [0.1, 0.15) is 39.3 Å². The second-order valence-corrected chi connectivity index (χ2v) is 8.11. The molecule has 36 heavy (non-hydrogen) atoms. The summed E-state index contributed by atoms with van der Waals surface area (Å²) in [6, 6.07) is 3.94. The third-order valence-electron chi connectivity index (χ3n) is 6.02. The summed E-state index contributed by atoms with van der Waals surface area (Å²) in [7, 11) is 1.11. The van der Waals surface area contributed by atoms with E-state index in [0.717, 1.165) is 36.5 Å². The van der Waals surface area contributed by atoms with Crippen LogP contribution in [-0.2, 0) is 22.4 Å². The highest BCUT2D eigenvalue weighted by Gasteiger charge is 2.38. The number of hydrogen-bond acceptors (Lipinski definition) is 6. The summed E-state index contributed by atoms with van der Waals surface area (Å²) < 4.78 is 60.8. The molecule has 1 aliphatic heterocycles. The second kappa shape index (κ2) is 9.77. The number of pyridine rings is 1. The molecule has 186 valence electrons. The number of fused-ring (bicyclic) bond motifs is 1. The van der Waals surface area contributed by atoms with Gasteiger partial charge in [0.2, 0.25) is 0 Å². The van der Waals surface area contributed by atoms with Crippen molar-refractivity contribution in [3.05, 3.63) is 70.2 Å². The number of benzene rings is 1. The molecule has 0 saturated heterocycles. The third-order valence-corrected chi connectivity index (χ3v) is 6.02. The lowest BCUT2D eigenvalue weighted by Gasteiger charge is -2.34. The van der Waals surface area contributed by atoms with Crippen LogP contribution in [0.4, 0.5) is 17.6 Å². The number of halogens is 4. The molecule has 0 bridgehead atoms. The Bertz CT molecular complexity index is 1400. The fourth-order valence-corrected chi connectivity index (χ4v) is 4.26. The molecular weight excluding hydrogens is 482 g/mol. The van der Waals surface area contributed by atoms with Gasteiger partial charge >= 0.3 is 12.5 Å². The summed E-state index contributed by atoms with van der Waals surface area (Å²) >= 11 is 0. The van der Waals surface area contributed by atoms with Crippen molar-refractivity contribution in [2.75, 3.05) is 13.7 Å². The number of rotatable bonds is 6. The number of carbonyl (C=O) groups excluding carboxylic acids is 2. The van der Waals surface area contributed by atoms with E-state index in [2.05, 4.69) is 10.1 Å². The second-order valence-electron chi connectivity index (χ2n) is 8.11. The van der Waals surface area contributed by atoms with Gasteiger partial charge < -0.3 is 9.64 Å². The van der Waals surface area contributed by atoms with Crippen molar-refractivity contribution in [1.82, 2.24) is 19.7 Å². The molecule has 4 rings (SSSR count). The van der Waals surface area contributed by atoms with Gasteiger partial charge in [-0.25, -0.2) is 23.2 Å². The number of amides is 1. The van der Waals surface area contributed by atoms with Gasteiger partial charge in [-0.3, -0.25) is 4.79 Å². The van der Waals surface area contributed by atoms with Crippen molar-refractivity contribution in [1.29, 1.82) is 5.26 Å². The van der Waals surface area contributed by atoms with Crippen LogP contribution in [0.3, 0.4) is 0 Å². The molecule has 0 fully saturated rings. The van der Waals surface area contributed by atoms with Gasteiger partial charge in [-0.1, -0.05) is 0 Å². The molecule has 0 N–H and O–H groups in total. The van der Waals surface area contributed by atoms with Crippen molar-refractivity contribution in [2.24, 2.45) is 0 Å². The van der Waals surface area contributed by atoms with Gasteiger partial charge in [0, 0.05) is 24.7 Å². The molecule has 12 heteroatoms. The first-order valence-corrected chi connectivity index (χ1v) is 10.7. The maximum absolute atomic E-state index is 14.9. The number of carbonyl (C=O) groups is 2. The van der Waals surface area contributed by atoms with E-state index in [-0.39, 0.29) is 58.6 Å². The van der Waals surface area contributed by atoms with E-state index in [0.29, 0.717) is 4.68 Å². The van der Waals surface area contributed by atoms with E-state index in [9.17, 15) is 27.2 Å². The Balaban J connectivity index is 1.74. The van der Waals surface area contributed by atoms with Crippen LogP contribution in [0.2, 0.25) is 0 Å². The number of esters is 1. The highest BCUT2D eigenvalue weighted by Crippen LogP contribution is 2.34. The van der Waals surface area contributed by atoms with Crippen molar-refractivity contribution < 1.29 is 31.9 Å². The third kappa shape index (κ3) is 4.39. The minimum Gasteiger partial charge on any atom is -0.467 e. The minimum absolute atomic E-state index is 0.0468. The number of methoxy groups -OCH3 is 1. The average Bonchev–Trinajstić information content (AvgIpc) is 3.33. The Labute approximate surface area is 202 Å². The molecule has 2 aromatic heterocycles. The predicted molar refractivity (Wildman–Crippen MR) is 117 cm³/mol. The summed E-state index contributed by atoms with van der Waals surface area (Å²) in [6.07, 6.45) is 2.05. The van der Waals surface area contributed by atoms with Gasteiger partial charge in [-0.15, -0.1) is 0 Å². The smallest absolute Gasteiger partial charge is 0.333 e. The molecular formula is C24H19F4N5O3.